The molecule has 0 spiro atoms. The van der Waals surface area contributed by atoms with Gasteiger partial charge in [0.05, 0.1) is 16.4 Å². The van der Waals surface area contributed by atoms with Gasteiger partial charge in [0.2, 0.25) is 10.0 Å². The van der Waals surface area contributed by atoms with Crippen LogP contribution in [-0.4, -0.2) is 52.9 Å². The van der Waals surface area contributed by atoms with Crippen LogP contribution in [0.1, 0.15) is 0 Å². The van der Waals surface area contributed by atoms with Crippen LogP contribution in [0.5, 0.6) is 0 Å². The van der Waals surface area contributed by atoms with Gasteiger partial charge < -0.3 is 5.11 Å². The van der Waals surface area contributed by atoms with E-state index in [4.69, 9.17) is 5.14 Å². The van der Waals surface area contributed by atoms with Gasteiger partial charge in [0.25, 0.3) is 5.69 Å². The number of hydrazine groups is 1. The fourth-order valence-corrected chi connectivity index (χ4v) is 3.34. The molecule has 22 heavy (non-hydrogen) atoms. The van der Waals surface area contributed by atoms with Crippen LogP contribution in [0.2, 0.25) is 0 Å². The van der Waals surface area contributed by atoms with Crippen LogP contribution < -0.4 is 10.3 Å². The fraction of sp³-hybridized carbons (Fsp3) is 0.400. The van der Waals surface area contributed by atoms with Crippen molar-refractivity contribution in [1.82, 2.24) is 5.01 Å². The Kier molecular flexibility index (Phi) is 4.89. The third-order valence-corrected chi connectivity index (χ3v) is 4.85. The van der Waals surface area contributed by atoms with Crippen molar-refractivity contribution in [2.24, 2.45) is 5.14 Å². The second-order valence-electron chi connectivity index (χ2n) is 4.48. The number of hydrogen-bond acceptors (Lipinski definition) is 9. The average Bonchev–Trinajstić information content (AvgIpc) is 2.44. The predicted molar refractivity (Wildman–Crippen MR) is 78.8 cm³/mol. The lowest BCUT2D eigenvalue weighted by molar-refractivity contribution is -0.384. The van der Waals surface area contributed by atoms with Crippen molar-refractivity contribution in [2.45, 2.75) is 10.3 Å². The van der Waals surface area contributed by atoms with Gasteiger partial charge in [-0.15, -0.1) is 11.8 Å². The van der Waals surface area contributed by atoms with Crippen molar-refractivity contribution >= 4 is 33.2 Å². The third kappa shape index (κ3) is 3.66. The summed E-state index contributed by atoms with van der Waals surface area (Å²) in [7, 11) is -4.10. The summed E-state index contributed by atoms with van der Waals surface area (Å²) in [6, 6.07) is 2.94. The van der Waals surface area contributed by atoms with Crippen molar-refractivity contribution in [3.8, 4) is 0 Å². The number of anilines is 1. The van der Waals surface area contributed by atoms with Crippen LogP contribution in [0.3, 0.4) is 0 Å². The number of rotatable bonds is 4. The molecule has 1 aliphatic heterocycles. The Morgan fingerprint density at radius 3 is 2.73 bits per heavy atom. The monoisotopic (exact) mass is 350 g/mol. The average molecular weight is 350 g/mol. The van der Waals surface area contributed by atoms with E-state index in [1.807, 2.05) is 0 Å². The molecular weight excluding hydrogens is 336 g/mol. The molecule has 1 aromatic carbocycles. The van der Waals surface area contributed by atoms with Gasteiger partial charge in [-0.3, -0.25) is 15.3 Å². The molecule has 1 heterocycles. The molecule has 1 atom stereocenters. The van der Waals surface area contributed by atoms with E-state index < -0.39 is 31.0 Å². The minimum Gasteiger partial charge on any atom is -0.381 e. The zero-order valence-electron chi connectivity index (χ0n) is 11.2. The molecule has 0 aromatic heterocycles. The Bertz CT molecular complexity index is 682. The van der Waals surface area contributed by atoms with Crippen LogP contribution >= 0.6 is 11.8 Å². The quantitative estimate of drug-likeness (QED) is 0.492. The lowest BCUT2D eigenvalue weighted by Crippen LogP contribution is -2.48. The summed E-state index contributed by atoms with van der Waals surface area (Å²) in [4.78, 5) is 9.87. The molecule has 0 aliphatic carbocycles. The van der Waals surface area contributed by atoms with E-state index in [2.05, 4.69) is 0 Å². The molecule has 1 aliphatic rings. The largest absolute Gasteiger partial charge is 0.381 e. The second-order valence-corrected chi connectivity index (χ2v) is 7.33. The number of β-amino-alcohol motifs (C(OH)–C–C–N with tert-alkyl or cyclic N) is 1. The highest BCUT2D eigenvalue weighted by atomic mass is 32.2. The SMILES string of the molecule is NS(=O)(=O)c1ccc(N(O)N2CCSC(O)C2)c([N+](=O)[O-])c1. The normalized spacial score (nSPS) is 19.9. The molecule has 1 aromatic rings. The van der Waals surface area contributed by atoms with Crippen molar-refractivity contribution in [2.75, 3.05) is 24.0 Å². The highest BCUT2D eigenvalue weighted by Gasteiger charge is 2.28. The lowest BCUT2D eigenvalue weighted by atomic mass is 10.2. The minimum absolute atomic E-state index is 0.0786. The highest BCUT2D eigenvalue weighted by Crippen LogP contribution is 2.31. The van der Waals surface area contributed by atoms with Gasteiger partial charge in [-0.05, 0) is 12.1 Å². The van der Waals surface area contributed by atoms with E-state index in [0.29, 0.717) is 17.5 Å². The lowest BCUT2D eigenvalue weighted by Gasteiger charge is -2.35. The van der Waals surface area contributed by atoms with E-state index >= 15 is 0 Å². The van der Waals surface area contributed by atoms with Gasteiger partial charge in [0.15, 0.2) is 5.69 Å². The molecule has 1 unspecified atom stereocenters. The van der Waals surface area contributed by atoms with Gasteiger partial charge >= 0.3 is 0 Å². The van der Waals surface area contributed by atoms with E-state index in [9.17, 15) is 28.8 Å². The van der Waals surface area contributed by atoms with Crippen molar-refractivity contribution in [3.05, 3.63) is 28.3 Å². The number of benzene rings is 1. The number of nitrogens with zero attached hydrogens (tertiary/aromatic N) is 3. The van der Waals surface area contributed by atoms with Crippen molar-refractivity contribution in [1.29, 1.82) is 0 Å². The Morgan fingerprint density at radius 2 is 2.18 bits per heavy atom. The Balaban J connectivity index is 2.39. The summed E-state index contributed by atoms with van der Waals surface area (Å²) in [5.74, 6) is 0.529. The first kappa shape index (κ1) is 16.9. The number of hydrogen-bond donors (Lipinski definition) is 3. The summed E-state index contributed by atoms with van der Waals surface area (Å²) in [5.41, 5.74) is -1.55. The number of primary sulfonamides is 1. The third-order valence-electron chi connectivity index (χ3n) is 2.98. The molecule has 12 heteroatoms. The van der Waals surface area contributed by atoms with Crippen LogP contribution in [0.25, 0.3) is 0 Å². The molecule has 10 nitrogen and oxygen atoms in total. The number of aliphatic hydroxyl groups excluding tert-OH is 1. The van der Waals surface area contributed by atoms with Crippen LogP contribution in [0.4, 0.5) is 11.4 Å². The summed E-state index contributed by atoms with van der Waals surface area (Å²) in [6.45, 7) is 0.446. The Morgan fingerprint density at radius 1 is 1.50 bits per heavy atom. The number of thioether (sulfide) groups is 1. The molecule has 0 saturated carbocycles. The number of nitro benzene ring substituents is 1. The maximum absolute atomic E-state index is 11.3. The first-order valence-electron chi connectivity index (χ1n) is 6.05. The van der Waals surface area contributed by atoms with Crippen LogP contribution in [-0.2, 0) is 10.0 Å². The van der Waals surface area contributed by atoms with E-state index in [1.165, 1.54) is 16.8 Å². The topological polar surface area (TPSA) is 150 Å². The molecule has 2 rings (SSSR count). The van der Waals surface area contributed by atoms with Gasteiger partial charge in [0.1, 0.15) is 5.44 Å². The van der Waals surface area contributed by atoms with Crippen molar-refractivity contribution < 1.29 is 23.7 Å². The second kappa shape index (κ2) is 6.36. The smallest absolute Gasteiger partial charge is 0.297 e. The van der Waals surface area contributed by atoms with Crippen LogP contribution in [0.15, 0.2) is 23.1 Å². The molecule has 1 saturated heterocycles. The van der Waals surface area contributed by atoms with E-state index in [0.717, 1.165) is 18.2 Å². The fourth-order valence-electron chi connectivity index (χ4n) is 1.94. The van der Waals surface area contributed by atoms with E-state index in [-0.39, 0.29) is 12.2 Å². The maximum atomic E-state index is 11.3. The first-order valence-corrected chi connectivity index (χ1v) is 8.64. The summed E-state index contributed by atoms with van der Waals surface area (Å²) in [5, 5.41) is 37.6. The van der Waals surface area contributed by atoms with Gasteiger partial charge in [-0.1, -0.05) is 0 Å². The minimum atomic E-state index is -4.10. The Hall–Kier alpha value is -1.44. The molecule has 0 amide bonds. The van der Waals surface area contributed by atoms with Crippen LogP contribution in [0, 0.1) is 10.1 Å². The highest BCUT2D eigenvalue weighted by molar-refractivity contribution is 7.99. The molecule has 122 valence electrons. The predicted octanol–water partition coefficient (Wildman–Crippen LogP) is -0.280. The Labute approximate surface area is 130 Å². The summed E-state index contributed by atoms with van der Waals surface area (Å²) in [6.07, 6.45) is 0. The zero-order valence-corrected chi connectivity index (χ0v) is 12.8. The molecule has 4 N–H and O–H groups in total. The number of aliphatic hydroxyl groups is 1. The number of nitrogens with two attached hydrogens (primary N) is 1. The van der Waals surface area contributed by atoms with Crippen molar-refractivity contribution in [3.63, 3.8) is 0 Å². The molecule has 0 bridgehead atoms. The van der Waals surface area contributed by atoms with E-state index in [1.54, 1.807) is 0 Å². The maximum Gasteiger partial charge on any atom is 0.297 e. The molecule has 1 fully saturated rings. The first-order chi connectivity index (χ1) is 10.2. The number of nitro groups is 1. The zero-order chi connectivity index (χ0) is 16.5. The van der Waals surface area contributed by atoms with Gasteiger partial charge in [-0.25, -0.2) is 13.6 Å². The summed E-state index contributed by atoms with van der Waals surface area (Å²) < 4.78 is 22.5. The molecule has 0 radical (unpaired) electrons. The number of sulfonamides is 1. The van der Waals surface area contributed by atoms with Gasteiger partial charge in [-0.2, -0.15) is 10.2 Å². The molecular formula is C10H14N4O6S2. The standard InChI is InChI=1S/C10H14N4O6S2/c11-22(19,20)7-1-2-8(9(5-7)14(17)18)13(16)12-3-4-21-10(15)6-12/h1-2,5,10,15-16H,3-4,6H2,(H2,11,19,20). The summed E-state index contributed by atoms with van der Waals surface area (Å²) >= 11 is 1.30. The van der Waals surface area contributed by atoms with Gasteiger partial charge in [0, 0.05) is 18.4 Å².